The van der Waals surface area contributed by atoms with E-state index in [1.807, 2.05) is 0 Å². The zero-order chi connectivity index (χ0) is 8.57. The molecule has 0 aliphatic heterocycles. The van der Waals surface area contributed by atoms with E-state index in [1.165, 1.54) is 13.8 Å². The fourth-order valence-corrected chi connectivity index (χ4v) is 0. The normalized spacial score (nSPS) is 6.17. The van der Waals surface area contributed by atoms with Gasteiger partial charge in [-0.3, -0.25) is 0 Å². The van der Waals surface area contributed by atoms with Gasteiger partial charge in [0.25, 0.3) is 0 Å². The van der Waals surface area contributed by atoms with Crippen LogP contribution in [-0.2, 0) is 9.59 Å². The first-order valence-corrected chi connectivity index (χ1v) is 2.94. The average molecular weight is 251 g/mol. The summed E-state index contributed by atoms with van der Waals surface area (Å²) in [5, 5.41) is 18.5. The van der Waals surface area contributed by atoms with Gasteiger partial charge in [-0.25, -0.2) is 0 Å². The number of carbonyl (C=O) groups excluding carboxylic acids is 2. The molecule has 0 aliphatic rings. The van der Waals surface area contributed by atoms with E-state index in [1.54, 1.807) is 0 Å². The van der Waals surface area contributed by atoms with Crippen molar-refractivity contribution in [3.05, 3.63) is 0 Å². The van der Waals surface area contributed by atoms with Crippen molar-refractivity contribution in [3.8, 4) is 0 Å². The van der Waals surface area contributed by atoms with Crippen LogP contribution in [0.2, 0.25) is 0 Å². The SMILES string of the molecule is CCC(=O)[O-].CCC(=O)[O-].[Cl-].[Ga+3]. The second-order valence-electron chi connectivity index (χ2n) is 1.45. The zero-order valence-corrected chi connectivity index (χ0v) is 10.2. The monoisotopic (exact) mass is 250 g/mol. The van der Waals surface area contributed by atoms with Gasteiger partial charge in [-0.05, 0) is 12.8 Å². The molecule has 0 amide bonds. The van der Waals surface area contributed by atoms with Gasteiger partial charge in [-0.2, -0.15) is 0 Å². The molecule has 0 aromatic heterocycles. The van der Waals surface area contributed by atoms with Crippen molar-refractivity contribution in [1.82, 2.24) is 0 Å². The van der Waals surface area contributed by atoms with Gasteiger partial charge in [0.1, 0.15) is 0 Å². The molecule has 4 nitrogen and oxygen atoms in total. The van der Waals surface area contributed by atoms with Gasteiger partial charge in [0.15, 0.2) is 0 Å². The molecule has 0 atom stereocenters. The van der Waals surface area contributed by atoms with Crippen LogP contribution in [0.15, 0.2) is 0 Å². The summed E-state index contributed by atoms with van der Waals surface area (Å²) in [7, 11) is 0. The molecular weight excluding hydrogens is 241 g/mol. The predicted molar refractivity (Wildman–Crippen MR) is 36.4 cm³/mol. The second-order valence-corrected chi connectivity index (χ2v) is 1.45. The molecule has 0 rings (SSSR count). The molecule has 0 N–H and O–H groups in total. The van der Waals surface area contributed by atoms with Crippen molar-refractivity contribution < 1.29 is 32.2 Å². The third kappa shape index (κ3) is 51.9. The van der Waals surface area contributed by atoms with E-state index in [2.05, 4.69) is 0 Å². The molecule has 0 spiro atoms. The molecule has 0 radical (unpaired) electrons. The summed E-state index contributed by atoms with van der Waals surface area (Å²) in [6.45, 7) is 3.07. The Morgan fingerprint density at radius 1 is 1.00 bits per heavy atom. The number of rotatable bonds is 2. The molecule has 12 heavy (non-hydrogen) atoms. The van der Waals surface area contributed by atoms with Gasteiger partial charge in [0.2, 0.25) is 0 Å². The first-order valence-electron chi connectivity index (χ1n) is 2.94. The molecule has 0 bridgehead atoms. The molecule has 0 unspecified atom stereocenters. The molecule has 6 heteroatoms. The fraction of sp³-hybridized carbons (Fsp3) is 0.667. The number of hydrogen-bond donors (Lipinski definition) is 0. The predicted octanol–water partition coefficient (Wildman–Crippen LogP) is -5.08. The Labute approximate surface area is 90.8 Å². The summed E-state index contributed by atoms with van der Waals surface area (Å²) in [4.78, 5) is 18.5. The largest absolute Gasteiger partial charge is 3.00 e. The van der Waals surface area contributed by atoms with Crippen molar-refractivity contribution in [1.29, 1.82) is 0 Å². The van der Waals surface area contributed by atoms with Crippen molar-refractivity contribution in [2.75, 3.05) is 0 Å². The molecule has 0 aromatic rings. The Kier molecular flexibility index (Phi) is 32.3. The Hall–Kier alpha value is -0.134. The summed E-state index contributed by atoms with van der Waals surface area (Å²) >= 11 is 0. The maximum absolute atomic E-state index is 9.26. The van der Waals surface area contributed by atoms with Gasteiger partial charge >= 0.3 is 19.8 Å². The van der Waals surface area contributed by atoms with Gasteiger partial charge < -0.3 is 32.2 Å². The van der Waals surface area contributed by atoms with Crippen LogP contribution >= 0.6 is 0 Å². The maximum Gasteiger partial charge on any atom is 3.00 e. The van der Waals surface area contributed by atoms with Crippen LogP contribution in [-0.4, -0.2) is 31.7 Å². The van der Waals surface area contributed by atoms with Crippen LogP contribution in [0.25, 0.3) is 0 Å². The molecule has 0 heterocycles. The van der Waals surface area contributed by atoms with Gasteiger partial charge in [0.05, 0.1) is 0 Å². The van der Waals surface area contributed by atoms with Crippen molar-refractivity contribution in [2.24, 2.45) is 0 Å². The van der Waals surface area contributed by atoms with Crippen LogP contribution in [0.4, 0.5) is 0 Å². The van der Waals surface area contributed by atoms with Crippen LogP contribution in [0.5, 0.6) is 0 Å². The minimum atomic E-state index is -0.995. The molecular formula is C6H10ClGaO4. The van der Waals surface area contributed by atoms with Crippen molar-refractivity contribution in [2.45, 2.75) is 26.7 Å². The summed E-state index contributed by atoms with van der Waals surface area (Å²) in [5.41, 5.74) is 0. The van der Waals surface area contributed by atoms with Crippen LogP contribution in [0, 0.1) is 0 Å². The Morgan fingerprint density at radius 3 is 1.08 bits per heavy atom. The summed E-state index contributed by atoms with van der Waals surface area (Å²) in [6.07, 6.45) is 0.222. The van der Waals surface area contributed by atoms with Crippen LogP contribution in [0.3, 0.4) is 0 Å². The molecule has 0 fully saturated rings. The molecule has 0 saturated heterocycles. The Bertz CT molecular complexity index is 104. The first-order chi connectivity index (χ1) is 4.54. The van der Waals surface area contributed by atoms with E-state index in [4.69, 9.17) is 0 Å². The first kappa shape index (κ1) is 22.6. The van der Waals surface area contributed by atoms with E-state index in [0.717, 1.165) is 0 Å². The van der Waals surface area contributed by atoms with E-state index < -0.39 is 11.9 Å². The third-order valence-corrected chi connectivity index (χ3v) is 0.577. The Balaban J connectivity index is -0.0000000457. The summed E-state index contributed by atoms with van der Waals surface area (Å²) < 4.78 is 0. The standard InChI is InChI=1S/2C3H6O2.ClH.Ga/c2*1-2-3(4)5;;/h2*2H2,1H3,(H,4,5);1H;/q;;;+3/p-3. The summed E-state index contributed by atoms with van der Waals surface area (Å²) in [5.74, 6) is -1.99. The van der Waals surface area contributed by atoms with Crippen LogP contribution < -0.4 is 22.6 Å². The van der Waals surface area contributed by atoms with E-state index in [0.29, 0.717) is 0 Å². The van der Waals surface area contributed by atoms with E-state index >= 15 is 0 Å². The molecule has 0 aromatic carbocycles. The third-order valence-electron chi connectivity index (χ3n) is 0.577. The summed E-state index contributed by atoms with van der Waals surface area (Å²) in [6, 6.07) is 0. The van der Waals surface area contributed by atoms with Gasteiger partial charge in [-0.15, -0.1) is 0 Å². The minimum absolute atomic E-state index is 0. The average Bonchev–Trinajstić information content (AvgIpc) is 1.89. The van der Waals surface area contributed by atoms with Gasteiger partial charge in [0, 0.05) is 11.9 Å². The smallest absolute Gasteiger partial charge is 1.00 e. The maximum atomic E-state index is 9.26. The minimum Gasteiger partial charge on any atom is -1.00 e. The van der Waals surface area contributed by atoms with Crippen LogP contribution in [0.1, 0.15) is 26.7 Å². The second kappa shape index (κ2) is 17.1. The quantitative estimate of drug-likeness (QED) is 0.460. The van der Waals surface area contributed by atoms with E-state index in [-0.39, 0.29) is 45.0 Å². The number of aliphatic carboxylic acids is 2. The number of hydrogen-bond acceptors (Lipinski definition) is 4. The van der Waals surface area contributed by atoms with Crippen molar-refractivity contribution >= 4 is 31.7 Å². The fourth-order valence-electron chi connectivity index (χ4n) is 0. The topological polar surface area (TPSA) is 80.3 Å². The van der Waals surface area contributed by atoms with Crippen molar-refractivity contribution in [3.63, 3.8) is 0 Å². The molecule has 0 saturated carbocycles. The number of carbonyl (C=O) groups is 2. The molecule has 68 valence electrons. The number of halogens is 1. The number of carboxylic acids is 2. The number of carboxylic acid groups (broad SMARTS) is 2. The van der Waals surface area contributed by atoms with Gasteiger partial charge in [-0.1, -0.05) is 13.8 Å². The molecule has 0 aliphatic carbocycles. The Morgan fingerprint density at radius 2 is 1.08 bits per heavy atom. The zero-order valence-electron chi connectivity index (χ0n) is 7.00. The van der Waals surface area contributed by atoms with E-state index in [9.17, 15) is 19.8 Å².